The van der Waals surface area contributed by atoms with Crippen LogP contribution in [-0.2, 0) is 18.8 Å². The van der Waals surface area contributed by atoms with E-state index in [0.717, 1.165) is 49.4 Å². The van der Waals surface area contributed by atoms with Gasteiger partial charge in [-0.2, -0.15) is 26.3 Å². The Balaban J connectivity index is 1.92. The SMILES string of the molecule is CCCCCCc1ccsc1-c1cc(-c2cc(C(F)(F)F)ccc2O)nc(-c2cc(C(F)(F)F)ccc2O)n1. The lowest BCUT2D eigenvalue weighted by molar-refractivity contribution is -0.138. The summed E-state index contributed by atoms with van der Waals surface area (Å²) in [7, 11) is 0. The molecular weight excluding hydrogens is 542 g/mol. The number of phenols is 2. The molecule has 206 valence electrons. The molecule has 39 heavy (non-hydrogen) atoms. The average molecular weight is 567 g/mol. The normalized spacial score (nSPS) is 12.2. The number of thiophene rings is 1. The molecule has 4 nitrogen and oxygen atoms in total. The van der Waals surface area contributed by atoms with Crippen LogP contribution in [0.15, 0.2) is 53.9 Å². The minimum atomic E-state index is -4.72. The first kappa shape index (κ1) is 28.4. The highest BCUT2D eigenvalue weighted by atomic mass is 32.1. The van der Waals surface area contributed by atoms with Crippen LogP contribution in [0.25, 0.3) is 33.2 Å². The van der Waals surface area contributed by atoms with E-state index in [0.29, 0.717) is 29.5 Å². The van der Waals surface area contributed by atoms with Crippen molar-refractivity contribution < 1.29 is 36.6 Å². The van der Waals surface area contributed by atoms with E-state index in [9.17, 15) is 36.6 Å². The lowest BCUT2D eigenvalue weighted by atomic mass is 10.0. The van der Waals surface area contributed by atoms with Gasteiger partial charge in [0.25, 0.3) is 0 Å². The molecule has 0 amide bonds. The van der Waals surface area contributed by atoms with E-state index in [2.05, 4.69) is 16.9 Å². The second-order valence-corrected chi connectivity index (χ2v) is 9.92. The number of halogens is 6. The van der Waals surface area contributed by atoms with Crippen LogP contribution in [0.5, 0.6) is 11.5 Å². The van der Waals surface area contributed by atoms with Gasteiger partial charge in [0.1, 0.15) is 11.5 Å². The molecule has 0 radical (unpaired) electrons. The number of alkyl halides is 6. The molecule has 0 fully saturated rings. The largest absolute Gasteiger partial charge is 0.507 e. The third kappa shape index (κ3) is 6.52. The molecular formula is C28H24F6N2O2S. The summed E-state index contributed by atoms with van der Waals surface area (Å²) < 4.78 is 80.6. The van der Waals surface area contributed by atoms with E-state index in [1.54, 1.807) is 0 Å². The Labute approximate surface area is 224 Å². The van der Waals surface area contributed by atoms with E-state index < -0.39 is 35.0 Å². The fraction of sp³-hybridized carbons (Fsp3) is 0.286. The van der Waals surface area contributed by atoms with E-state index in [1.807, 2.05) is 11.4 Å². The van der Waals surface area contributed by atoms with Crippen molar-refractivity contribution in [3.8, 4) is 44.7 Å². The van der Waals surface area contributed by atoms with Gasteiger partial charge < -0.3 is 10.2 Å². The fourth-order valence-electron chi connectivity index (χ4n) is 4.13. The summed E-state index contributed by atoms with van der Waals surface area (Å²) in [5, 5.41) is 22.7. The Morgan fingerprint density at radius 1 is 0.718 bits per heavy atom. The Morgan fingerprint density at radius 3 is 1.92 bits per heavy atom. The second kappa shape index (κ2) is 11.3. The topological polar surface area (TPSA) is 66.2 Å². The highest BCUT2D eigenvalue weighted by Gasteiger charge is 2.33. The van der Waals surface area contributed by atoms with Crippen molar-refractivity contribution in [2.45, 2.75) is 51.4 Å². The zero-order chi connectivity index (χ0) is 28.4. The van der Waals surface area contributed by atoms with Crippen molar-refractivity contribution in [1.29, 1.82) is 0 Å². The highest BCUT2D eigenvalue weighted by molar-refractivity contribution is 7.13. The Morgan fingerprint density at radius 2 is 1.31 bits per heavy atom. The Kier molecular flexibility index (Phi) is 8.20. The molecule has 0 saturated carbocycles. The number of hydrogen-bond acceptors (Lipinski definition) is 5. The van der Waals surface area contributed by atoms with Crippen LogP contribution < -0.4 is 0 Å². The summed E-state index contributed by atoms with van der Waals surface area (Å²) in [4.78, 5) is 9.31. The number of hydrogen-bond donors (Lipinski definition) is 2. The van der Waals surface area contributed by atoms with Crippen molar-refractivity contribution >= 4 is 11.3 Å². The summed E-state index contributed by atoms with van der Waals surface area (Å²) in [6.07, 6.45) is -4.72. The van der Waals surface area contributed by atoms with Crippen molar-refractivity contribution in [3.63, 3.8) is 0 Å². The number of phenolic OH excluding ortho intramolecular Hbond substituents is 2. The lowest BCUT2D eigenvalue weighted by Gasteiger charge is -2.14. The van der Waals surface area contributed by atoms with Crippen LogP contribution in [0.3, 0.4) is 0 Å². The molecule has 0 aliphatic heterocycles. The zero-order valence-corrected chi connectivity index (χ0v) is 21.5. The number of unbranched alkanes of at least 4 members (excludes halogenated alkanes) is 3. The summed E-state index contributed by atoms with van der Waals surface area (Å²) in [5.41, 5.74) is -1.67. The zero-order valence-electron chi connectivity index (χ0n) is 20.7. The summed E-state index contributed by atoms with van der Waals surface area (Å²) in [6.45, 7) is 2.09. The molecule has 0 unspecified atom stereocenters. The van der Waals surface area contributed by atoms with E-state index in [1.165, 1.54) is 17.4 Å². The first-order chi connectivity index (χ1) is 18.4. The van der Waals surface area contributed by atoms with Crippen LogP contribution in [0.2, 0.25) is 0 Å². The summed E-state index contributed by atoms with van der Waals surface area (Å²) in [6, 6.07) is 7.86. The summed E-state index contributed by atoms with van der Waals surface area (Å²) in [5.74, 6) is -1.36. The van der Waals surface area contributed by atoms with Gasteiger partial charge in [-0.3, -0.25) is 0 Å². The molecule has 0 aliphatic rings. The number of rotatable bonds is 8. The van der Waals surface area contributed by atoms with Gasteiger partial charge in [-0.25, -0.2) is 9.97 Å². The van der Waals surface area contributed by atoms with Gasteiger partial charge in [0.2, 0.25) is 0 Å². The van der Waals surface area contributed by atoms with Gasteiger partial charge in [0.15, 0.2) is 5.82 Å². The minimum Gasteiger partial charge on any atom is -0.507 e. The van der Waals surface area contributed by atoms with Crippen LogP contribution in [0.4, 0.5) is 26.3 Å². The second-order valence-electron chi connectivity index (χ2n) is 9.01. The maximum absolute atomic E-state index is 13.4. The lowest BCUT2D eigenvalue weighted by Crippen LogP contribution is -2.06. The first-order valence-electron chi connectivity index (χ1n) is 12.2. The molecule has 2 aromatic heterocycles. The van der Waals surface area contributed by atoms with Crippen molar-refractivity contribution in [3.05, 3.63) is 70.6 Å². The van der Waals surface area contributed by atoms with Gasteiger partial charge in [-0.05, 0) is 72.3 Å². The number of aromatic nitrogens is 2. The number of nitrogens with zero attached hydrogens (tertiary/aromatic N) is 2. The fourth-order valence-corrected chi connectivity index (χ4v) is 5.05. The van der Waals surface area contributed by atoms with E-state index >= 15 is 0 Å². The molecule has 0 saturated heterocycles. The molecule has 0 bridgehead atoms. The standard InChI is InChI=1S/C28H24F6N2O2S/c1-2-3-4-5-6-16-11-12-39-25(16)22-15-21(19-13-17(27(29,30)31)7-9-23(19)37)35-26(36-22)20-14-18(28(32,33)34)8-10-24(20)38/h7-15,37-38H,2-6H2,1H3. The Bertz CT molecular complexity index is 1380. The predicted octanol–water partition coefficient (Wildman–Crippen LogP) is 9.11. The third-order valence-electron chi connectivity index (χ3n) is 6.17. The molecule has 4 aromatic rings. The van der Waals surface area contributed by atoms with Gasteiger partial charge in [0, 0.05) is 5.56 Å². The van der Waals surface area contributed by atoms with E-state index in [4.69, 9.17) is 0 Å². The van der Waals surface area contributed by atoms with E-state index in [-0.39, 0.29) is 28.3 Å². The molecule has 0 atom stereocenters. The first-order valence-corrected chi connectivity index (χ1v) is 13.0. The summed E-state index contributed by atoms with van der Waals surface area (Å²) >= 11 is 1.32. The van der Waals surface area contributed by atoms with Crippen molar-refractivity contribution in [1.82, 2.24) is 9.97 Å². The average Bonchev–Trinajstić information content (AvgIpc) is 3.34. The van der Waals surface area contributed by atoms with Crippen molar-refractivity contribution in [2.75, 3.05) is 0 Å². The van der Waals surface area contributed by atoms with Gasteiger partial charge in [0.05, 0.1) is 33.0 Å². The molecule has 2 aromatic carbocycles. The Hall–Kier alpha value is -3.60. The molecule has 4 rings (SSSR count). The number of aryl methyl sites for hydroxylation is 1. The molecule has 2 N–H and O–H groups in total. The van der Waals surface area contributed by atoms with Gasteiger partial charge in [-0.15, -0.1) is 11.3 Å². The van der Waals surface area contributed by atoms with Crippen LogP contribution in [-0.4, -0.2) is 20.2 Å². The molecule has 2 heterocycles. The van der Waals surface area contributed by atoms with Crippen molar-refractivity contribution in [2.24, 2.45) is 0 Å². The van der Waals surface area contributed by atoms with Gasteiger partial charge >= 0.3 is 12.4 Å². The monoisotopic (exact) mass is 566 g/mol. The smallest absolute Gasteiger partial charge is 0.416 e. The highest BCUT2D eigenvalue weighted by Crippen LogP contribution is 2.41. The van der Waals surface area contributed by atoms with Crippen LogP contribution in [0.1, 0.15) is 49.3 Å². The maximum Gasteiger partial charge on any atom is 0.416 e. The van der Waals surface area contributed by atoms with Crippen LogP contribution in [0, 0.1) is 0 Å². The van der Waals surface area contributed by atoms with Crippen LogP contribution >= 0.6 is 11.3 Å². The van der Waals surface area contributed by atoms with Gasteiger partial charge in [-0.1, -0.05) is 26.2 Å². The molecule has 0 aliphatic carbocycles. The maximum atomic E-state index is 13.4. The molecule has 0 spiro atoms. The third-order valence-corrected chi connectivity index (χ3v) is 7.15. The quantitative estimate of drug-likeness (QED) is 0.165. The molecule has 11 heteroatoms. The predicted molar refractivity (Wildman–Crippen MR) is 137 cm³/mol. The number of benzene rings is 2. The minimum absolute atomic E-state index is 0.138. The number of aromatic hydroxyl groups is 2.